The Balaban J connectivity index is 1.41. The third-order valence-corrected chi connectivity index (χ3v) is 10.2. The number of nitrogens with zero attached hydrogens (tertiary/aromatic N) is 4. The second kappa shape index (κ2) is 10.3. The number of fused-ring (bicyclic) bond motifs is 1. The number of aromatic nitrogens is 3. The van der Waals surface area contributed by atoms with Gasteiger partial charge in [0.1, 0.15) is 12.3 Å². The third kappa shape index (κ3) is 4.85. The lowest BCUT2D eigenvalue weighted by Crippen LogP contribution is -2.52. The van der Waals surface area contributed by atoms with Crippen molar-refractivity contribution in [2.45, 2.75) is 77.9 Å². The van der Waals surface area contributed by atoms with Crippen LogP contribution in [0.1, 0.15) is 80.4 Å². The molecule has 6 rings (SSSR count). The molecular weight excluding hydrogens is 553 g/mol. The number of rotatable bonds is 7. The van der Waals surface area contributed by atoms with Crippen molar-refractivity contribution in [3.63, 3.8) is 0 Å². The molecule has 2 saturated carbocycles. The molecule has 2 aromatic rings. The fourth-order valence-corrected chi connectivity index (χ4v) is 7.33. The number of aryl methyl sites for hydroxylation is 1. The Labute approximate surface area is 242 Å². The second-order valence-electron chi connectivity index (χ2n) is 12.5. The molecule has 2 N–H and O–H groups in total. The number of ether oxygens (including phenoxy) is 1. The van der Waals surface area contributed by atoms with Crippen LogP contribution in [-0.2, 0) is 27.4 Å². The molecule has 41 heavy (non-hydrogen) atoms. The second-order valence-corrected chi connectivity index (χ2v) is 12.9. The summed E-state index contributed by atoms with van der Waals surface area (Å²) in [6.07, 6.45) is 5.17. The lowest BCUT2D eigenvalue weighted by atomic mass is 9.66. The Morgan fingerprint density at radius 1 is 1.29 bits per heavy atom. The van der Waals surface area contributed by atoms with E-state index in [0.717, 1.165) is 25.7 Å². The summed E-state index contributed by atoms with van der Waals surface area (Å²) in [5.74, 6) is -2.70. The number of likely N-dealkylation sites (tertiary alicyclic amines) is 1. The lowest BCUT2D eigenvalue weighted by Gasteiger charge is -2.45. The molecule has 2 aliphatic heterocycles. The third-order valence-electron chi connectivity index (χ3n) is 9.85. The van der Waals surface area contributed by atoms with Gasteiger partial charge in [-0.3, -0.25) is 19.5 Å². The first-order valence-electron chi connectivity index (χ1n) is 14.3. The lowest BCUT2D eigenvalue weighted by molar-refractivity contribution is -0.162. The zero-order valence-electron chi connectivity index (χ0n) is 23.3. The monoisotopic (exact) mass is 587 g/mol. The molecule has 1 unspecified atom stereocenters. The van der Waals surface area contributed by atoms with Gasteiger partial charge < -0.3 is 19.6 Å². The number of carboxylic acids is 1. The summed E-state index contributed by atoms with van der Waals surface area (Å²) in [5.41, 5.74) is 1.10. The number of carbonyl (C=O) groups is 3. The Bertz CT molecular complexity index is 1410. The maximum atomic E-state index is 15.7. The standard InChI is InChI=1S/C29H35ClFN5O5/c1-16-21(33-34-32-16)14-41-25-20(31)11-19(30)17-6-10-36(26(38)18-5-3-4-7-28(18,2)27(39)40)22(24(17)25)13-35-15-29(8-9-29)12-23(35)37/h11,18,22H,3-10,12-15H2,1-2H3,(H,39,40)(H,32,33,34)/t18-,22?,28-/m0/s1. The molecule has 3 atom stereocenters. The van der Waals surface area contributed by atoms with E-state index in [0.29, 0.717) is 54.7 Å². The van der Waals surface area contributed by atoms with Gasteiger partial charge in [-0.1, -0.05) is 29.7 Å². The summed E-state index contributed by atoms with van der Waals surface area (Å²) in [7, 11) is 0. The highest BCUT2D eigenvalue weighted by Gasteiger charge is 2.54. The van der Waals surface area contributed by atoms with Gasteiger partial charge in [0.05, 0.1) is 23.1 Å². The summed E-state index contributed by atoms with van der Waals surface area (Å²) in [4.78, 5) is 43.3. The Hall–Kier alpha value is -3.21. The average molecular weight is 588 g/mol. The zero-order chi connectivity index (χ0) is 29.1. The quantitative estimate of drug-likeness (QED) is 0.497. The average Bonchev–Trinajstić information content (AvgIpc) is 3.44. The molecule has 1 saturated heterocycles. The van der Waals surface area contributed by atoms with E-state index in [1.807, 2.05) is 0 Å². The van der Waals surface area contributed by atoms with Crippen molar-refractivity contribution in [1.82, 2.24) is 25.2 Å². The molecule has 1 aromatic heterocycles. The first-order chi connectivity index (χ1) is 19.5. The minimum Gasteiger partial charge on any atom is -0.484 e. The van der Waals surface area contributed by atoms with Crippen LogP contribution < -0.4 is 4.74 Å². The van der Waals surface area contributed by atoms with Crippen molar-refractivity contribution in [2.75, 3.05) is 19.6 Å². The van der Waals surface area contributed by atoms with E-state index in [1.54, 1.807) is 23.6 Å². The zero-order valence-corrected chi connectivity index (χ0v) is 24.1. The molecule has 2 amide bonds. The van der Waals surface area contributed by atoms with Gasteiger partial charge >= 0.3 is 5.97 Å². The van der Waals surface area contributed by atoms with Gasteiger partial charge in [-0.2, -0.15) is 0 Å². The smallest absolute Gasteiger partial charge is 0.310 e. The van der Waals surface area contributed by atoms with Crippen LogP contribution in [0.4, 0.5) is 4.39 Å². The fraction of sp³-hybridized carbons (Fsp3) is 0.621. The topological polar surface area (TPSA) is 129 Å². The van der Waals surface area contributed by atoms with Crippen LogP contribution >= 0.6 is 11.6 Å². The van der Waals surface area contributed by atoms with Crippen molar-refractivity contribution in [2.24, 2.45) is 16.7 Å². The van der Waals surface area contributed by atoms with Crippen LogP contribution in [0.15, 0.2) is 6.07 Å². The van der Waals surface area contributed by atoms with Crippen molar-refractivity contribution in [1.29, 1.82) is 0 Å². The highest BCUT2D eigenvalue weighted by atomic mass is 35.5. The molecule has 0 bridgehead atoms. The number of hydrogen-bond acceptors (Lipinski definition) is 6. The molecule has 3 heterocycles. The van der Waals surface area contributed by atoms with E-state index in [2.05, 4.69) is 15.4 Å². The molecule has 3 fully saturated rings. The number of H-pyrrole nitrogens is 1. The van der Waals surface area contributed by atoms with E-state index in [9.17, 15) is 19.5 Å². The SMILES string of the molecule is Cc1[nH]nnc1COc1c(F)cc(Cl)c2c1C(CN1CC3(CC3)CC1=O)N(C(=O)[C@@H]1CCCC[C@]1(C)C(=O)O)CC2. The maximum Gasteiger partial charge on any atom is 0.310 e. The Morgan fingerprint density at radius 2 is 2.07 bits per heavy atom. The van der Waals surface area contributed by atoms with E-state index >= 15 is 4.39 Å². The number of halogens is 2. The van der Waals surface area contributed by atoms with Gasteiger partial charge in [0, 0.05) is 36.6 Å². The van der Waals surface area contributed by atoms with Crippen LogP contribution in [0.3, 0.4) is 0 Å². The minimum atomic E-state index is -1.20. The summed E-state index contributed by atoms with van der Waals surface area (Å²) in [6.45, 7) is 4.41. The number of carbonyl (C=O) groups excluding carboxylic acids is 2. The molecule has 10 nitrogen and oxygen atoms in total. The Morgan fingerprint density at radius 3 is 2.73 bits per heavy atom. The molecule has 1 aromatic carbocycles. The molecule has 220 valence electrons. The summed E-state index contributed by atoms with van der Waals surface area (Å²) >= 11 is 6.59. The molecular formula is C29H35ClFN5O5. The van der Waals surface area contributed by atoms with Crippen LogP contribution in [0, 0.1) is 29.5 Å². The van der Waals surface area contributed by atoms with E-state index < -0.39 is 29.2 Å². The maximum absolute atomic E-state index is 15.7. The van der Waals surface area contributed by atoms with Gasteiger partial charge in [-0.25, -0.2) is 4.39 Å². The number of benzene rings is 1. The van der Waals surface area contributed by atoms with E-state index in [1.165, 1.54) is 6.07 Å². The van der Waals surface area contributed by atoms with Crippen molar-refractivity contribution in [3.05, 3.63) is 39.4 Å². The van der Waals surface area contributed by atoms with Crippen LogP contribution in [0.5, 0.6) is 5.75 Å². The largest absolute Gasteiger partial charge is 0.484 e. The predicted molar refractivity (Wildman–Crippen MR) is 146 cm³/mol. The number of aliphatic carboxylic acids is 1. The predicted octanol–water partition coefficient (Wildman–Crippen LogP) is 4.20. The van der Waals surface area contributed by atoms with Crippen LogP contribution in [0.2, 0.25) is 5.02 Å². The highest BCUT2D eigenvalue weighted by Crippen LogP contribution is 2.54. The Kier molecular flexibility index (Phi) is 6.99. The summed E-state index contributed by atoms with van der Waals surface area (Å²) in [5, 5.41) is 20.9. The van der Waals surface area contributed by atoms with Gasteiger partial charge in [0.2, 0.25) is 11.8 Å². The molecule has 1 spiro atoms. The molecule has 12 heteroatoms. The summed E-state index contributed by atoms with van der Waals surface area (Å²) < 4.78 is 21.7. The number of aromatic amines is 1. The number of carboxylic acid groups (broad SMARTS) is 1. The fourth-order valence-electron chi connectivity index (χ4n) is 7.04. The first kappa shape index (κ1) is 27.9. The van der Waals surface area contributed by atoms with Crippen LogP contribution in [0.25, 0.3) is 0 Å². The highest BCUT2D eigenvalue weighted by molar-refractivity contribution is 6.31. The summed E-state index contributed by atoms with van der Waals surface area (Å²) in [6, 6.07) is 0.480. The van der Waals surface area contributed by atoms with Gasteiger partial charge in [0.25, 0.3) is 0 Å². The van der Waals surface area contributed by atoms with E-state index in [-0.39, 0.29) is 47.7 Å². The van der Waals surface area contributed by atoms with E-state index in [4.69, 9.17) is 16.3 Å². The number of nitrogens with one attached hydrogen (secondary N) is 1. The van der Waals surface area contributed by atoms with Crippen molar-refractivity contribution >= 4 is 29.4 Å². The molecule has 2 aliphatic carbocycles. The van der Waals surface area contributed by atoms with Gasteiger partial charge in [-0.15, -0.1) is 5.10 Å². The first-order valence-corrected chi connectivity index (χ1v) is 14.7. The van der Waals surface area contributed by atoms with Crippen LogP contribution in [-0.4, -0.2) is 67.7 Å². The van der Waals surface area contributed by atoms with Crippen molar-refractivity contribution < 1.29 is 28.6 Å². The molecule has 4 aliphatic rings. The van der Waals surface area contributed by atoms with Gasteiger partial charge in [0.15, 0.2) is 11.6 Å². The minimum absolute atomic E-state index is 0.00192. The van der Waals surface area contributed by atoms with Gasteiger partial charge in [-0.05, 0) is 63.0 Å². The molecule has 0 radical (unpaired) electrons. The van der Waals surface area contributed by atoms with Crippen molar-refractivity contribution in [3.8, 4) is 5.75 Å². The number of amides is 2. The number of hydrogen-bond donors (Lipinski definition) is 2. The normalized spacial score (nSPS) is 26.8.